The van der Waals surface area contributed by atoms with Gasteiger partial charge in [-0.1, -0.05) is 15.9 Å². The molecule has 0 saturated heterocycles. The summed E-state index contributed by atoms with van der Waals surface area (Å²) in [6, 6.07) is 19.9. The van der Waals surface area contributed by atoms with E-state index in [9.17, 15) is 13.9 Å². The quantitative estimate of drug-likeness (QED) is 0.349. The highest BCUT2D eigenvalue weighted by Crippen LogP contribution is 2.36. The molecular formula is C24H18BrF2NO2. The van der Waals surface area contributed by atoms with Crippen LogP contribution in [-0.2, 0) is 6.61 Å². The molecule has 0 aliphatic carbocycles. The Hall–Kier alpha value is -3.12. The Morgan fingerprint density at radius 2 is 1.70 bits per heavy atom. The molecule has 6 heteroatoms. The van der Waals surface area contributed by atoms with Crippen LogP contribution in [0.4, 0.5) is 8.78 Å². The summed E-state index contributed by atoms with van der Waals surface area (Å²) in [5, 5.41) is 9.62. The molecule has 30 heavy (non-hydrogen) atoms. The Kier molecular flexibility index (Phi) is 5.59. The van der Waals surface area contributed by atoms with Crippen LogP contribution < -0.4 is 4.74 Å². The molecule has 0 radical (unpaired) electrons. The average Bonchev–Trinajstić information content (AvgIpc) is 3.10. The smallest absolute Gasteiger partial charge is 0.132 e. The van der Waals surface area contributed by atoms with Crippen LogP contribution >= 0.6 is 15.9 Å². The molecule has 1 N–H and O–H groups in total. The fraction of sp³-hybridized carbons (Fsp3) is 0.0833. The van der Waals surface area contributed by atoms with Crippen molar-refractivity contribution in [3.63, 3.8) is 0 Å². The Morgan fingerprint density at radius 1 is 0.933 bits per heavy atom. The van der Waals surface area contributed by atoms with Gasteiger partial charge in [-0.2, -0.15) is 0 Å². The second kappa shape index (κ2) is 8.32. The molecule has 0 fully saturated rings. The molecular weight excluding hydrogens is 452 g/mol. The van der Waals surface area contributed by atoms with Crippen LogP contribution in [0, 0.1) is 18.6 Å². The number of phenolic OH excluding ortho intramolecular Hbond substituents is 1. The lowest BCUT2D eigenvalue weighted by molar-refractivity contribution is 0.300. The van der Waals surface area contributed by atoms with Crippen LogP contribution in [0.2, 0.25) is 0 Å². The third-order valence-electron chi connectivity index (χ3n) is 4.80. The van der Waals surface area contributed by atoms with Gasteiger partial charge >= 0.3 is 0 Å². The first-order chi connectivity index (χ1) is 14.4. The minimum atomic E-state index is -0.642. The van der Waals surface area contributed by atoms with Gasteiger partial charge in [0.15, 0.2) is 0 Å². The van der Waals surface area contributed by atoms with Crippen LogP contribution in [0.3, 0.4) is 0 Å². The van der Waals surface area contributed by atoms with Crippen LogP contribution in [-0.4, -0.2) is 9.67 Å². The van der Waals surface area contributed by atoms with Gasteiger partial charge in [-0.15, -0.1) is 0 Å². The summed E-state index contributed by atoms with van der Waals surface area (Å²) in [4.78, 5) is 0. The number of aromatic nitrogens is 1. The van der Waals surface area contributed by atoms with Crippen molar-refractivity contribution in [2.75, 3.05) is 0 Å². The van der Waals surface area contributed by atoms with E-state index in [0.717, 1.165) is 33.2 Å². The maximum atomic E-state index is 14.0. The average molecular weight is 470 g/mol. The lowest BCUT2D eigenvalue weighted by Crippen LogP contribution is -2.03. The molecule has 0 bridgehead atoms. The van der Waals surface area contributed by atoms with E-state index in [-0.39, 0.29) is 17.9 Å². The molecule has 0 aliphatic rings. The number of halogens is 3. The van der Waals surface area contributed by atoms with Crippen molar-refractivity contribution in [3.8, 4) is 28.4 Å². The molecule has 1 heterocycles. The first-order valence-corrected chi connectivity index (χ1v) is 10.1. The maximum absolute atomic E-state index is 14.0. The zero-order valence-electron chi connectivity index (χ0n) is 16.1. The Labute approximate surface area is 181 Å². The van der Waals surface area contributed by atoms with Gasteiger partial charge in [0.1, 0.15) is 29.7 Å². The number of hydrogen-bond donors (Lipinski definition) is 1. The molecule has 0 aliphatic heterocycles. The highest BCUT2D eigenvalue weighted by molar-refractivity contribution is 9.10. The lowest BCUT2D eigenvalue weighted by atomic mass is 10.1. The molecule has 3 aromatic carbocycles. The first kappa shape index (κ1) is 20.2. The van der Waals surface area contributed by atoms with Crippen LogP contribution in [0.1, 0.15) is 11.3 Å². The summed E-state index contributed by atoms with van der Waals surface area (Å²) >= 11 is 3.51. The summed E-state index contributed by atoms with van der Waals surface area (Å²) < 4.78 is 36.0. The second-order valence-corrected chi connectivity index (χ2v) is 7.79. The van der Waals surface area contributed by atoms with Gasteiger partial charge in [0.05, 0.1) is 5.69 Å². The first-order valence-electron chi connectivity index (χ1n) is 9.27. The molecule has 0 saturated carbocycles. The Bertz CT molecular complexity index is 1200. The predicted molar refractivity (Wildman–Crippen MR) is 116 cm³/mol. The van der Waals surface area contributed by atoms with Crippen LogP contribution in [0.15, 0.2) is 77.3 Å². The predicted octanol–water partition coefficient (Wildman–Crippen LogP) is 6.78. The van der Waals surface area contributed by atoms with E-state index in [1.54, 1.807) is 12.1 Å². The van der Waals surface area contributed by atoms with Crippen molar-refractivity contribution in [2.45, 2.75) is 13.5 Å². The van der Waals surface area contributed by atoms with Crippen molar-refractivity contribution in [3.05, 3.63) is 100 Å². The van der Waals surface area contributed by atoms with Gasteiger partial charge in [-0.25, -0.2) is 8.78 Å². The molecule has 0 amide bonds. The van der Waals surface area contributed by atoms with Crippen molar-refractivity contribution >= 4 is 15.9 Å². The van der Waals surface area contributed by atoms with Gasteiger partial charge in [-0.3, -0.25) is 0 Å². The molecule has 4 aromatic rings. The van der Waals surface area contributed by atoms with E-state index in [4.69, 9.17) is 4.74 Å². The largest absolute Gasteiger partial charge is 0.508 e. The lowest BCUT2D eigenvalue weighted by Gasteiger charge is -2.16. The highest BCUT2D eigenvalue weighted by Gasteiger charge is 2.15. The topological polar surface area (TPSA) is 34.4 Å². The van der Waals surface area contributed by atoms with Crippen LogP contribution in [0.25, 0.3) is 16.9 Å². The zero-order valence-corrected chi connectivity index (χ0v) is 17.7. The van der Waals surface area contributed by atoms with Gasteiger partial charge in [-0.05, 0) is 73.7 Å². The van der Waals surface area contributed by atoms with E-state index in [0.29, 0.717) is 5.75 Å². The van der Waals surface area contributed by atoms with E-state index >= 15 is 0 Å². The number of rotatable bonds is 5. The van der Waals surface area contributed by atoms with Crippen molar-refractivity contribution in [1.82, 2.24) is 4.57 Å². The third-order valence-corrected chi connectivity index (χ3v) is 5.29. The fourth-order valence-electron chi connectivity index (χ4n) is 3.32. The number of ether oxygens (including phenoxy) is 1. The molecule has 4 rings (SSSR count). The van der Waals surface area contributed by atoms with E-state index in [1.165, 1.54) is 12.1 Å². The van der Waals surface area contributed by atoms with Crippen molar-refractivity contribution in [1.29, 1.82) is 0 Å². The molecule has 0 atom stereocenters. The SMILES string of the molecule is Cc1ccc(-c2cc(Br)ccc2OCc2ccc(F)cc2F)n1-c1ccc(O)cc1. The number of aromatic hydroxyl groups is 1. The summed E-state index contributed by atoms with van der Waals surface area (Å²) in [7, 11) is 0. The third kappa shape index (κ3) is 4.09. The monoisotopic (exact) mass is 469 g/mol. The second-order valence-electron chi connectivity index (χ2n) is 6.88. The van der Waals surface area contributed by atoms with E-state index < -0.39 is 11.6 Å². The number of nitrogens with zero attached hydrogens (tertiary/aromatic N) is 1. The molecule has 0 unspecified atom stereocenters. The maximum Gasteiger partial charge on any atom is 0.132 e. The number of aryl methyl sites for hydroxylation is 1. The zero-order chi connectivity index (χ0) is 21.3. The minimum absolute atomic E-state index is 0.0281. The van der Waals surface area contributed by atoms with Gasteiger partial charge in [0.25, 0.3) is 0 Å². The minimum Gasteiger partial charge on any atom is -0.508 e. The fourth-order valence-corrected chi connectivity index (χ4v) is 3.68. The molecule has 3 nitrogen and oxygen atoms in total. The standard InChI is InChI=1S/C24H18BrF2NO2/c1-15-2-10-23(28(15)19-6-8-20(29)9-7-19)21-12-17(25)4-11-24(21)30-14-16-3-5-18(26)13-22(16)27/h2-13,29H,14H2,1H3. The van der Waals surface area contributed by atoms with Crippen LogP contribution in [0.5, 0.6) is 11.5 Å². The van der Waals surface area contributed by atoms with Crippen molar-refractivity contribution in [2.24, 2.45) is 0 Å². The number of benzene rings is 3. The van der Waals surface area contributed by atoms with Gasteiger partial charge < -0.3 is 14.4 Å². The summed E-state index contributed by atoms with van der Waals surface area (Å²) in [6.07, 6.45) is 0. The molecule has 152 valence electrons. The normalized spacial score (nSPS) is 10.9. The Morgan fingerprint density at radius 3 is 2.43 bits per heavy atom. The van der Waals surface area contributed by atoms with Gasteiger partial charge in [0.2, 0.25) is 0 Å². The summed E-state index contributed by atoms with van der Waals surface area (Å²) in [5.74, 6) is -0.502. The number of hydrogen-bond acceptors (Lipinski definition) is 2. The summed E-state index contributed by atoms with van der Waals surface area (Å²) in [5.41, 5.74) is 3.87. The van der Waals surface area contributed by atoms with E-state index in [1.807, 2.05) is 54.0 Å². The van der Waals surface area contributed by atoms with Gasteiger partial charge in [0, 0.05) is 33.0 Å². The molecule has 1 aromatic heterocycles. The molecule has 0 spiro atoms. The Balaban J connectivity index is 1.74. The van der Waals surface area contributed by atoms with Crippen molar-refractivity contribution < 1.29 is 18.6 Å². The number of phenols is 1. The highest BCUT2D eigenvalue weighted by atomic mass is 79.9. The van der Waals surface area contributed by atoms with E-state index in [2.05, 4.69) is 15.9 Å². The summed E-state index contributed by atoms with van der Waals surface area (Å²) in [6.45, 7) is 1.96.